The standard InChI is InChI=1S/C16H21NO3/c17-9-16-14(13-3-1-2-4-15(13)20-16)11-19-10-12-5-7-18-8-6-12/h1-4,12H,5-11,17H2. The average molecular weight is 275 g/mol. The summed E-state index contributed by atoms with van der Waals surface area (Å²) >= 11 is 0. The highest BCUT2D eigenvalue weighted by Gasteiger charge is 2.16. The third kappa shape index (κ3) is 2.87. The van der Waals surface area contributed by atoms with Crippen LogP contribution < -0.4 is 5.73 Å². The van der Waals surface area contributed by atoms with E-state index in [0.717, 1.165) is 55.0 Å². The molecule has 2 aromatic rings. The Kier molecular flexibility index (Phi) is 4.35. The molecule has 1 aromatic carbocycles. The third-order valence-corrected chi connectivity index (χ3v) is 3.91. The highest BCUT2D eigenvalue weighted by Crippen LogP contribution is 2.26. The number of hydrogen-bond donors (Lipinski definition) is 1. The van der Waals surface area contributed by atoms with Crippen LogP contribution in [0.25, 0.3) is 11.0 Å². The number of ether oxygens (including phenoxy) is 2. The molecule has 0 amide bonds. The quantitative estimate of drug-likeness (QED) is 0.911. The maximum absolute atomic E-state index is 5.90. The molecule has 20 heavy (non-hydrogen) atoms. The molecule has 1 aliphatic heterocycles. The lowest BCUT2D eigenvalue weighted by atomic mass is 10.0. The molecule has 4 nitrogen and oxygen atoms in total. The van der Waals surface area contributed by atoms with Gasteiger partial charge in [-0.3, -0.25) is 0 Å². The van der Waals surface area contributed by atoms with Crippen molar-refractivity contribution in [2.75, 3.05) is 19.8 Å². The van der Waals surface area contributed by atoms with Gasteiger partial charge in [0.25, 0.3) is 0 Å². The zero-order chi connectivity index (χ0) is 13.8. The molecular formula is C16H21NO3. The van der Waals surface area contributed by atoms with Crippen LogP contribution in [0.4, 0.5) is 0 Å². The minimum atomic E-state index is 0.407. The van der Waals surface area contributed by atoms with Gasteiger partial charge in [-0.1, -0.05) is 18.2 Å². The summed E-state index contributed by atoms with van der Waals surface area (Å²) < 4.78 is 17.0. The van der Waals surface area contributed by atoms with Crippen molar-refractivity contribution in [3.63, 3.8) is 0 Å². The van der Waals surface area contributed by atoms with E-state index in [-0.39, 0.29) is 0 Å². The molecule has 2 N–H and O–H groups in total. The fourth-order valence-electron chi connectivity index (χ4n) is 2.71. The van der Waals surface area contributed by atoms with E-state index in [9.17, 15) is 0 Å². The fourth-order valence-corrected chi connectivity index (χ4v) is 2.71. The summed E-state index contributed by atoms with van der Waals surface area (Å²) in [6, 6.07) is 8.01. The number of nitrogens with two attached hydrogens (primary N) is 1. The summed E-state index contributed by atoms with van der Waals surface area (Å²) in [6.07, 6.45) is 2.19. The summed E-state index contributed by atoms with van der Waals surface area (Å²) in [5, 5.41) is 1.11. The molecule has 0 bridgehead atoms. The summed E-state index contributed by atoms with van der Waals surface area (Å²) in [5.41, 5.74) is 7.74. The van der Waals surface area contributed by atoms with E-state index in [0.29, 0.717) is 19.1 Å². The molecule has 0 unspecified atom stereocenters. The van der Waals surface area contributed by atoms with E-state index in [1.165, 1.54) is 0 Å². The second-order valence-electron chi connectivity index (χ2n) is 5.27. The summed E-state index contributed by atoms with van der Waals surface area (Å²) in [6.45, 7) is 3.48. The van der Waals surface area contributed by atoms with Crippen molar-refractivity contribution in [1.29, 1.82) is 0 Å². The van der Waals surface area contributed by atoms with Gasteiger partial charge < -0.3 is 19.6 Å². The zero-order valence-corrected chi connectivity index (χ0v) is 11.6. The number of benzene rings is 1. The van der Waals surface area contributed by atoms with Crippen molar-refractivity contribution in [3.05, 3.63) is 35.6 Å². The monoisotopic (exact) mass is 275 g/mol. The van der Waals surface area contributed by atoms with Crippen molar-refractivity contribution in [3.8, 4) is 0 Å². The van der Waals surface area contributed by atoms with Crippen LogP contribution in [0.15, 0.2) is 28.7 Å². The van der Waals surface area contributed by atoms with Gasteiger partial charge in [0.05, 0.1) is 19.8 Å². The molecule has 2 heterocycles. The van der Waals surface area contributed by atoms with Gasteiger partial charge in [-0.05, 0) is 24.8 Å². The molecule has 0 saturated carbocycles. The first-order chi connectivity index (χ1) is 9.88. The lowest BCUT2D eigenvalue weighted by Crippen LogP contribution is -2.20. The lowest BCUT2D eigenvalue weighted by molar-refractivity contribution is 0.0156. The van der Waals surface area contributed by atoms with Gasteiger partial charge in [0.1, 0.15) is 11.3 Å². The number of para-hydroxylation sites is 1. The highest BCUT2D eigenvalue weighted by molar-refractivity contribution is 5.82. The molecule has 3 rings (SSSR count). The average Bonchev–Trinajstić information content (AvgIpc) is 2.87. The molecule has 0 radical (unpaired) electrons. The second-order valence-corrected chi connectivity index (χ2v) is 5.27. The van der Waals surface area contributed by atoms with Crippen molar-refractivity contribution in [2.45, 2.75) is 26.0 Å². The van der Waals surface area contributed by atoms with Crippen LogP contribution in [-0.2, 0) is 22.6 Å². The van der Waals surface area contributed by atoms with E-state index < -0.39 is 0 Å². The maximum atomic E-state index is 5.90. The lowest BCUT2D eigenvalue weighted by Gasteiger charge is -2.21. The first-order valence-corrected chi connectivity index (χ1v) is 7.23. The van der Waals surface area contributed by atoms with Crippen LogP contribution in [0, 0.1) is 5.92 Å². The predicted octanol–water partition coefficient (Wildman–Crippen LogP) is 2.83. The van der Waals surface area contributed by atoms with Gasteiger partial charge in [0, 0.05) is 24.2 Å². The molecule has 108 valence electrons. The fraction of sp³-hybridized carbons (Fsp3) is 0.500. The number of rotatable bonds is 5. The van der Waals surface area contributed by atoms with Crippen LogP contribution in [0.5, 0.6) is 0 Å². The van der Waals surface area contributed by atoms with E-state index in [4.69, 9.17) is 19.6 Å². The largest absolute Gasteiger partial charge is 0.459 e. The van der Waals surface area contributed by atoms with Crippen molar-refractivity contribution in [2.24, 2.45) is 11.7 Å². The molecule has 4 heteroatoms. The molecule has 0 atom stereocenters. The topological polar surface area (TPSA) is 57.6 Å². The second kappa shape index (κ2) is 6.39. The third-order valence-electron chi connectivity index (χ3n) is 3.91. The van der Waals surface area contributed by atoms with E-state index in [1.807, 2.05) is 18.2 Å². The molecule has 1 aromatic heterocycles. The zero-order valence-electron chi connectivity index (χ0n) is 11.6. The Morgan fingerprint density at radius 2 is 2.00 bits per heavy atom. The predicted molar refractivity (Wildman–Crippen MR) is 77.3 cm³/mol. The van der Waals surface area contributed by atoms with Crippen LogP contribution in [0.2, 0.25) is 0 Å². The number of hydrogen-bond acceptors (Lipinski definition) is 4. The van der Waals surface area contributed by atoms with Crippen LogP contribution in [0.3, 0.4) is 0 Å². The Hall–Kier alpha value is -1.36. The van der Waals surface area contributed by atoms with Gasteiger partial charge in [0.2, 0.25) is 0 Å². The Balaban J connectivity index is 1.66. The number of furan rings is 1. The smallest absolute Gasteiger partial charge is 0.134 e. The molecular weight excluding hydrogens is 254 g/mol. The van der Waals surface area contributed by atoms with E-state index >= 15 is 0 Å². The van der Waals surface area contributed by atoms with Crippen molar-refractivity contribution >= 4 is 11.0 Å². The van der Waals surface area contributed by atoms with E-state index in [2.05, 4.69) is 6.07 Å². The van der Waals surface area contributed by atoms with Crippen LogP contribution in [0.1, 0.15) is 24.2 Å². The summed E-state index contributed by atoms with van der Waals surface area (Å²) in [4.78, 5) is 0. The SMILES string of the molecule is NCc1oc2ccccc2c1COCC1CCOCC1. The van der Waals surface area contributed by atoms with Crippen molar-refractivity contribution in [1.82, 2.24) is 0 Å². The maximum Gasteiger partial charge on any atom is 0.134 e. The van der Waals surface area contributed by atoms with Gasteiger partial charge in [-0.2, -0.15) is 0 Å². The number of fused-ring (bicyclic) bond motifs is 1. The Bertz CT molecular complexity index is 558. The first kappa shape index (κ1) is 13.6. The van der Waals surface area contributed by atoms with Gasteiger partial charge in [-0.15, -0.1) is 0 Å². The molecule has 0 spiro atoms. The van der Waals surface area contributed by atoms with Crippen LogP contribution in [-0.4, -0.2) is 19.8 Å². The molecule has 1 fully saturated rings. The Morgan fingerprint density at radius 3 is 2.80 bits per heavy atom. The van der Waals surface area contributed by atoms with Gasteiger partial charge in [-0.25, -0.2) is 0 Å². The summed E-state index contributed by atoms with van der Waals surface area (Å²) in [7, 11) is 0. The summed E-state index contributed by atoms with van der Waals surface area (Å²) in [5.74, 6) is 1.45. The molecule has 1 aliphatic rings. The van der Waals surface area contributed by atoms with E-state index in [1.54, 1.807) is 0 Å². The molecule has 1 saturated heterocycles. The minimum absolute atomic E-state index is 0.407. The normalized spacial score (nSPS) is 16.9. The highest BCUT2D eigenvalue weighted by atomic mass is 16.5. The minimum Gasteiger partial charge on any atom is -0.459 e. The van der Waals surface area contributed by atoms with Gasteiger partial charge >= 0.3 is 0 Å². The van der Waals surface area contributed by atoms with Crippen LogP contribution >= 0.6 is 0 Å². The first-order valence-electron chi connectivity index (χ1n) is 7.23. The Morgan fingerprint density at radius 1 is 1.20 bits per heavy atom. The Labute approximate surface area is 118 Å². The van der Waals surface area contributed by atoms with Crippen molar-refractivity contribution < 1.29 is 13.9 Å². The molecule has 0 aliphatic carbocycles. The van der Waals surface area contributed by atoms with Gasteiger partial charge in [0.15, 0.2) is 0 Å².